The number of hydrogen-bond donors (Lipinski definition) is 0. The molecule has 21 heavy (non-hydrogen) atoms. The van der Waals surface area contributed by atoms with Crippen molar-refractivity contribution >= 4 is 12.1 Å². The summed E-state index contributed by atoms with van der Waals surface area (Å²) in [6.45, 7) is 7.19. The minimum Gasteiger partial charge on any atom is -0.444 e. The summed E-state index contributed by atoms with van der Waals surface area (Å²) >= 11 is 0. The first-order valence-corrected chi connectivity index (χ1v) is 7.26. The molecule has 0 radical (unpaired) electrons. The van der Waals surface area contributed by atoms with Crippen LogP contribution in [0.3, 0.4) is 0 Å². The molecule has 2 atom stereocenters. The zero-order valence-electron chi connectivity index (χ0n) is 13.2. The number of esters is 1. The van der Waals surface area contributed by atoms with E-state index in [0.29, 0.717) is 19.4 Å². The van der Waals surface area contributed by atoms with Crippen molar-refractivity contribution in [3.8, 4) is 6.07 Å². The lowest BCUT2D eigenvalue weighted by molar-refractivity contribution is -0.160. The van der Waals surface area contributed by atoms with Crippen molar-refractivity contribution in [1.82, 2.24) is 4.90 Å². The third-order valence-electron chi connectivity index (χ3n) is 3.26. The summed E-state index contributed by atoms with van der Waals surface area (Å²) in [5.74, 6) is -0.137. The van der Waals surface area contributed by atoms with Crippen LogP contribution in [0.2, 0.25) is 0 Å². The molecule has 6 heteroatoms. The van der Waals surface area contributed by atoms with Crippen LogP contribution in [0, 0.1) is 17.2 Å². The zero-order valence-corrected chi connectivity index (χ0v) is 13.2. The third kappa shape index (κ3) is 6.03. The molecule has 2 unspecified atom stereocenters. The molecule has 0 aromatic rings. The average molecular weight is 296 g/mol. The molecule has 1 fully saturated rings. The lowest BCUT2D eigenvalue weighted by atomic mass is 9.91. The molecular weight excluding hydrogens is 272 g/mol. The molecule has 0 saturated carbocycles. The molecule has 0 aromatic heterocycles. The molecule has 0 N–H and O–H groups in total. The second kappa shape index (κ2) is 7.30. The van der Waals surface area contributed by atoms with E-state index in [1.165, 1.54) is 11.8 Å². The van der Waals surface area contributed by atoms with Gasteiger partial charge in [-0.2, -0.15) is 5.26 Å². The first kappa shape index (κ1) is 17.3. The van der Waals surface area contributed by atoms with Gasteiger partial charge in [-0.15, -0.1) is 0 Å². The van der Waals surface area contributed by atoms with Crippen LogP contribution >= 0.6 is 0 Å². The summed E-state index contributed by atoms with van der Waals surface area (Å²) in [4.78, 5) is 24.9. The summed E-state index contributed by atoms with van der Waals surface area (Å²) in [7, 11) is 0. The van der Waals surface area contributed by atoms with Crippen molar-refractivity contribution in [2.45, 2.75) is 65.2 Å². The fourth-order valence-electron chi connectivity index (χ4n) is 2.36. The van der Waals surface area contributed by atoms with Gasteiger partial charge in [0.25, 0.3) is 0 Å². The topological polar surface area (TPSA) is 79.6 Å². The number of hydrogen-bond acceptors (Lipinski definition) is 5. The number of rotatable bonds is 3. The monoisotopic (exact) mass is 296 g/mol. The van der Waals surface area contributed by atoms with Gasteiger partial charge in [0.05, 0.1) is 6.07 Å². The van der Waals surface area contributed by atoms with Gasteiger partial charge in [0.1, 0.15) is 5.60 Å². The zero-order chi connectivity index (χ0) is 16.0. The van der Waals surface area contributed by atoms with Gasteiger partial charge in [-0.1, -0.05) is 0 Å². The molecule has 6 nitrogen and oxygen atoms in total. The van der Waals surface area contributed by atoms with Gasteiger partial charge in [0.15, 0.2) is 6.23 Å². The van der Waals surface area contributed by atoms with Gasteiger partial charge in [-0.3, -0.25) is 9.69 Å². The SMILES string of the molecule is CC(=O)OC1CC(CCC#N)CCN1C(=O)OC(C)(C)C. The molecule has 118 valence electrons. The number of carbonyl (C=O) groups is 2. The second-order valence-corrected chi connectivity index (χ2v) is 6.33. The smallest absolute Gasteiger partial charge is 0.413 e. The van der Waals surface area contributed by atoms with Gasteiger partial charge < -0.3 is 9.47 Å². The van der Waals surface area contributed by atoms with E-state index in [1.807, 2.05) is 0 Å². The standard InChI is InChI=1S/C15H24N2O4/c1-11(18)20-13-10-12(6-5-8-16)7-9-17(13)14(19)21-15(2,3)4/h12-13H,5-7,9-10H2,1-4H3. The largest absolute Gasteiger partial charge is 0.444 e. The summed E-state index contributed by atoms with van der Waals surface area (Å²) in [6.07, 6.45) is 1.52. The van der Waals surface area contributed by atoms with Crippen LogP contribution in [0.5, 0.6) is 0 Å². The van der Waals surface area contributed by atoms with E-state index in [0.717, 1.165) is 12.8 Å². The van der Waals surface area contributed by atoms with Crippen molar-refractivity contribution < 1.29 is 19.1 Å². The lowest BCUT2D eigenvalue weighted by Crippen LogP contribution is -2.49. The normalized spacial score (nSPS) is 22.3. The van der Waals surface area contributed by atoms with Crippen molar-refractivity contribution in [2.24, 2.45) is 5.92 Å². The minimum atomic E-state index is -0.602. The van der Waals surface area contributed by atoms with Crippen LogP contribution in [-0.4, -0.2) is 35.3 Å². The Morgan fingerprint density at radius 1 is 1.38 bits per heavy atom. The van der Waals surface area contributed by atoms with Crippen LogP contribution in [0.15, 0.2) is 0 Å². The lowest BCUT2D eigenvalue weighted by Gasteiger charge is -2.38. The number of ether oxygens (including phenoxy) is 2. The van der Waals surface area contributed by atoms with E-state index in [9.17, 15) is 9.59 Å². The molecule has 1 aliphatic heterocycles. The highest BCUT2D eigenvalue weighted by atomic mass is 16.6. The first-order valence-electron chi connectivity index (χ1n) is 7.26. The maximum atomic E-state index is 12.2. The molecule has 0 bridgehead atoms. The van der Waals surface area contributed by atoms with Crippen molar-refractivity contribution in [3.05, 3.63) is 0 Å². The number of nitrogens with zero attached hydrogens (tertiary/aromatic N) is 2. The molecule has 0 aliphatic carbocycles. The highest BCUT2D eigenvalue weighted by molar-refractivity contribution is 5.70. The van der Waals surface area contributed by atoms with E-state index < -0.39 is 23.9 Å². The quantitative estimate of drug-likeness (QED) is 0.748. The molecule has 0 aromatic carbocycles. The van der Waals surface area contributed by atoms with Gasteiger partial charge in [-0.25, -0.2) is 4.79 Å². The molecule has 1 rings (SSSR count). The predicted octanol–water partition coefficient (Wildman–Crippen LogP) is 2.83. The number of likely N-dealkylation sites (tertiary alicyclic amines) is 1. The highest BCUT2D eigenvalue weighted by Gasteiger charge is 2.35. The summed E-state index contributed by atoms with van der Waals surface area (Å²) in [6, 6.07) is 2.12. The van der Waals surface area contributed by atoms with E-state index in [4.69, 9.17) is 14.7 Å². The Balaban J connectivity index is 2.71. The number of carbonyl (C=O) groups excluding carboxylic acids is 2. The van der Waals surface area contributed by atoms with Gasteiger partial charge >= 0.3 is 12.1 Å². The molecular formula is C15H24N2O4. The summed E-state index contributed by atoms with van der Waals surface area (Å²) < 4.78 is 10.6. The molecule has 1 heterocycles. The molecule has 1 aliphatic rings. The average Bonchev–Trinajstić information content (AvgIpc) is 2.33. The van der Waals surface area contributed by atoms with E-state index in [1.54, 1.807) is 20.8 Å². The third-order valence-corrected chi connectivity index (χ3v) is 3.26. The number of amides is 1. The first-order chi connectivity index (χ1) is 9.73. The van der Waals surface area contributed by atoms with Crippen LogP contribution < -0.4 is 0 Å². The Kier molecular flexibility index (Phi) is 6.01. The number of piperidine rings is 1. The molecule has 1 amide bonds. The number of nitriles is 1. The van der Waals surface area contributed by atoms with Gasteiger partial charge in [0.2, 0.25) is 0 Å². The maximum Gasteiger partial charge on any atom is 0.413 e. The minimum absolute atomic E-state index is 0.285. The predicted molar refractivity (Wildman–Crippen MR) is 76.1 cm³/mol. The molecule has 0 spiro atoms. The Morgan fingerprint density at radius 2 is 2.05 bits per heavy atom. The Morgan fingerprint density at radius 3 is 2.57 bits per heavy atom. The van der Waals surface area contributed by atoms with Crippen LogP contribution in [-0.2, 0) is 14.3 Å². The van der Waals surface area contributed by atoms with Crippen molar-refractivity contribution in [1.29, 1.82) is 5.26 Å². The maximum absolute atomic E-state index is 12.2. The van der Waals surface area contributed by atoms with E-state index >= 15 is 0 Å². The van der Waals surface area contributed by atoms with Crippen molar-refractivity contribution in [2.75, 3.05) is 6.54 Å². The summed E-state index contributed by atoms with van der Waals surface area (Å²) in [5.41, 5.74) is -0.588. The highest BCUT2D eigenvalue weighted by Crippen LogP contribution is 2.28. The van der Waals surface area contributed by atoms with Gasteiger partial charge in [0, 0.05) is 26.3 Å². The van der Waals surface area contributed by atoms with Crippen LogP contribution in [0.25, 0.3) is 0 Å². The fourth-order valence-corrected chi connectivity index (χ4v) is 2.36. The Labute approximate surface area is 126 Å². The van der Waals surface area contributed by atoms with Crippen LogP contribution in [0.4, 0.5) is 4.79 Å². The van der Waals surface area contributed by atoms with Crippen LogP contribution in [0.1, 0.15) is 53.4 Å². The van der Waals surface area contributed by atoms with E-state index in [2.05, 4.69) is 6.07 Å². The van der Waals surface area contributed by atoms with Gasteiger partial charge in [-0.05, 0) is 39.5 Å². The van der Waals surface area contributed by atoms with E-state index in [-0.39, 0.29) is 5.92 Å². The van der Waals surface area contributed by atoms with Crippen molar-refractivity contribution in [3.63, 3.8) is 0 Å². The summed E-state index contributed by atoms with van der Waals surface area (Å²) in [5, 5.41) is 8.66. The second-order valence-electron chi connectivity index (χ2n) is 6.33. The Bertz CT molecular complexity index is 422. The Hall–Kier alpha value is -1.77. The molecule has 1 saturated heterocycles. The fraction of sp³-hybridized carbons (Fsp3) is 0.800.